The number of halogens is 1. The van der Waals surface area contributed by atoms with Crippen LogP contribution in [0.5, 0.6) is 0 Å². The van der Waals surface area contributed by atoms with Gasteiger partial charge < -0.3 is 10.2 Å². The topological polar surface area (TPSA) is 112 Å². The first-order valence-electron chi connectivity index (χ1n) is 5.88. The number of nitrogens with zero attached hydrogens (tertiary/aromatic N) is 1. The highest BCUT2D eigenvalue weighted by atomic mass is 31.1. The third-order valence-electron chi connectivity index (χ3n) is 2.72. The van der Waals surface area contributed by atoms with Gasteiger partial charge in [0.25, 0.3) is 5.91 Å². The fourth-order valence-electron chi connectivity index (χ4n) is 1.69. The van der Waals surface area contributed by atoms with E-state index in [0.717, 1.165) is 18.2 Å². The Bertz CT molecular complexity index is 781. The molecular formula is C13H8FN2O5P. The van der Waals surface area contributed by atoms with Gasteiger partial charge >= 0.3 is 13.7 Å². The van der Waals surface area contributed by atoms with Crippen molar-refractivity contribution in [1.29, 1.82) is 0 Å². The summed E-state index contributed by atoms with van der Waals surface area (Å²) in [5.41, 5.74) is -0.687. The summed E-state index contributed by atoms with van der Waals surface area (Å²) in [5.74, 6) is -1.69. The summed E-state index contributed by atoms with van der Waals surface area (Å²) >= 11 is 0. The Morgan fingerprint density at radius 2 is 1.95 bits per heavy atom. The van der Waals surface area contributed by atoms with Crippen molar-refractivity contribution in [3.8, 4) is 0 Å². The number of hydrogen-bond acceptors (Lipinski definition) is 5. The molecule has 2 rings (SSSR count). The second-order valence-electron chi connectivity index (χ2n) is 4.18. The third kappa shape index (κ3) is 3.49. The molecule has 0 spiro atoms. The van der Waals surface area contributed by atoms with Crippen LogP contribution in [-0.2, 0) is 4.57 Å². The predicted molar refractivity (Wildman–Crippen MR) is 74.7 cm³/mol. The van der Waals surface area contributed by atoms with Crippen LogP contribution in [0, 0.1) is 15.9 Å². The molecule has 22 heavy (non-hydrogen) atoms. The van der Waals surface area contributed by atoms with Gasteiger partial charge in [-0.3, -0.25) is 14.9 Å². The summed E-state index contributed by atoms with van der Waals surface area (Å²) in [4.78, 5) is 32.6. The van der Waals surface area contributed by atoms with Crippen molar-refractivity contribution in [2.24, 2.45) is 0 Å². The lowest BCUT2D eigenvalue weighted by atomic mass is 10.2. The van der Waals surface area contributed by atoms with Gasteiger partial charge in [0.15, 0.2) is 5.30 Å². The molecule has 1 atom stereocenters. The normalized spacial score (nSPS) is 10.9. The van der Waals surface area contributed by atoms with Crippen LogP contribution in [-0.4, -0.2) is 10.8 Å². The zero-order valence-corrected chi connectivity index (χ0v) is 11.7. The van der Waals surface area contributed by atoms with Crippen molar-refractivity contribution in [2.75, 3.05) is 5.32 Å². The number of nitro benzene ring substituents is 1. The van der Waals surface area contributed by atoms with Gasteiger partial charge in [0, 0.05) is 23.4 Å². The number of carbonyl (C=O) groups is 1. The average molecular weight is 322 g/mol. The summed E-state index contributed by atoms with van der Waals surface area (Å²) in [6.45, 7) is 0. The highest BCUT2D eigenvalue weighted by Crippen LogP contribution is 2.22. The van der Waals surface area contributed by atoms with Crippen LogP contribution in [0.15, 0.2) is 42.5 Å². The fourth-order valence-corrected chi connectivity index (χ4v) is 2.15. The number of amides is 1. The molecule has 1 N–H and O–H groups in total. The molecule has 7 nitrogen and oxygen atoms in total. The second kappa shape index (κ2) is 6.38. The lowest BCUT2D eigenvalue weighted by Gasteiger charge is -2.05. The van der Waals surface area contributed by atoms with E-state index in [0.29, 0.717) is 0 Å². The number of anilines is 1. The standard InChI is InChI=1S/C13H8FN2O5P/c14-11-5-4-9(7-12(11)16(18)19)15-13(17)8-2-1-3-10(6-8)22(20)21/h1-7H,(H,15,17). The van der Waals surface area contributed by atoms with Gasteiger partial charge in [-0.05, 0) is 24.3 Å². The Hall–Kier alpha value is -2.70. The van der Waals surface area contributed by atoms with Crippen molar-refractivity contribution >= 4 is 30.6 Å². The molecular weight excluding hydrogens is 314 g/mol. The van der Waals surface area contributed by atoms with Crippen LogP contribution >= 0.6 is 8.03 Å². The molecule has 0 saturated heterocycles. The highest BCUT2D eigenvalue weighted by molar-refractivity contribution is 7.45. The fraction of sp³-hybridized carbons (Fsp3) is 0. The Morgan fingerprint density at radius 3 is 2.59 bits per heavy atom. The lowest BCUT2D eigenvalue weighted by molar-refractivity contribution is -0.387. The van der Waals surface area contributed by atoms with Crippen LogP contribution < -0.4 is 15.5 Å². The number of benzene rings is 2. The van der Waals surface area contributed by atoms with Gasteiger partial charge in [0.1, 0.15) is 0 Å². The van der Waals surface area contributed by atoms with Crippen LogP contribution in [0.25, 0.3) is 0 Å². The van der Waals surface area contributed by atoms with Crippen molar-refractivity contribution in [2.45, 2.75) is 0 Å². The second-order valence-corrected chi connectivity index (χ2v) is 5.22. The molecule has 0 aliphatic carbocycles. The summed E-state index contributed by atoms with van der Waals surface area (Å²) in [5, 5.41) is 12.9. The maximum Gasteiger partial charge on any atom is 0.348 e. The summed E-state index contributed by atoms with van der Waals surface area (Å²) < 4.78 is 24.1. The molecule has 2 aromatic rings. The van der Waals surface area contributed by atoms with Crippen LogP contribution in [0.3, 0.4) is 0 Å². The maximum atomic E-state index is 13.2. The van der Waals surface area contributed by atoms with Crippen molar-refractivity contribution in [1.82, 2.24) is 0 Å². The molecule has 0 heterocycles. The van der Waals surface area contributed by atoms with Gasteiger partial charge in [-0.2, -0.15) is 4.39 Å². The average Bonchev–Trinajstić information content (AvgIpc) is 2.49. The molecule has 9 heteroatoms. The minimum Gasteiger partial charge on any atom is -0.591 e. The highest BCUT2D eigenvalue weighted by Gasteiger charge is 2.17. The van der Waals surface area contributed by atoms with Gasteiger partial charge in [-0.15, -0.1) is 0 Å². The molecule has 0 radical (unpaired) electrons. The first kappa shape index (κ1) is 15.7. The van der Waals surface area contributed by atoms with E-state index >= 15 is 0 Å². The molecule has 0 bridgehead atoms. The van der Waals surface area contributed by atoms with E-state index in [-0.39, 0.29) is 16.6 Å². The molecule has 0 aliphatic heterocycles. The minimum absolute atomic E-state index is 0.0232. The van der Waals surface area contributed by atoms with E-state index in [1.165, 1.54) is 24.3 Å². The zero-order chi connectivity index (χ0) is 16.3. The van der Waals surface area contributed by atoms with E-state index in [1.54, 1.807) is 0 Å². The van der Waals surface area contributed by atoms with E-state index < -0.39 is 30.4 Å². The Labute approximate surface area is 124 Å². The first-order valence-corrected chi connectivity index (χ1v) is 7.06. The third-order valence-corrected chi connectivity index (χ3v) is 3.42. The Balaban J connectivity index is 2.26. The van der Waals surface area contributed by atoms with E-state index in [1.807, 2.05) is 0 Å². The van der Waals surface area contributed by atoms with Gasteiger partial charge in [0.05, 0.1) is 4.92 Å². The molecule has 0 aromatic heterocycles. The van der Waals surface area contributed by atoms with Crippen LogP contribution in [0.2, 0.25) is 0 Å². The largest absolute Gasteiger partial charge is 0.591 e. The molecule has 0 fully saturated rings. The van der Waals surface area contributed by atoms with E-state index in [4.69, 9.17) is 0 Å². The maximum absolute atomic E-state index is 13.2. The monoisotopic (exact) mass is 322 g/mol. The summed E-state index contributed by atoms with van der Waals surface area (Å²) in [6.07, 6.45) is 0. The van der Waals surface area contributed by atoms with Crippen molar-refractivity contribution < 1.29 is 23.6 Å². The number of hydrogen-bond donors (Lipinski definition) is 1. The molecule has 0 aliphatic rings. The van der Waals surface area contributed by atoms with Gasteiger partial charge in [-0.1, -0.05) is 10.6 Å². The van der Waals surface area contributed by atoms with E-state index in [2.05, 4.69) is 5.32 Å². The predicted octanol–water partition coefficient (Wildman–Crippen LogP) is 1.71. The zero-order valence-electron chi connectivity index (χ0n) is 10.9. The van der Waals surface area contributed by atoms with Crippen molar-refractivity contribution in [3.63, 3.8) is 0 Å². The summed E-state index contributed by atoms with van der Waals surface area (Å²) in [7, 11) is -2.83. The van der Waals surface area contributed by atoms with Crippen LogP contribution in [0.1, 0.15) is 10.4 Å². The molecule has 112 valence electrons. The molecule has 1 unspecified atom stereocenters. The number of carbonyl (C=O) groups excluding carboxylic acids is 1. The lowest BCUT2D eigenvalue weighted by Crippen LogP contribution is -2.15. The number of rotatable bonds is 4. The molecule has 0 saturated carbocycles. The number of nitrogens with one attached hydrogen (secondary N) is 1. The summed E-state index contributed by atoms with van der Waals surface area (Å²) in [6, 6.07) is 8.17. The quantitative estimate of drug-likeness (QED) is 0.523. The SMILES string of the molecule is O=C(Nc1ccc(F)c([N+](=O)[O-])c1)c1cccc([P+](=O)[O-])c1. The smallest absolute Gasteiger partial charge is 0.348 e. The molecule has 2 aromatic carbocycles. The van der Waals surface area contributed by atoms with Gasteiger partial charge in [-0.25, -0.2) is 0 Å². The minimum atomic E-state index is -2.83. The van der Waals surface area contributed by atoms with Crippen molar-refractivity contribution in [3.05, 3.63) is 64.0 Å². The Morgan fingerprint density at radius 1 is 1.23 bits per heavy atom. The first-order chi connectivity index (χ1) is 10.4. The molecule has 1 amide bonds. The Kier molecular flexibility index (Phi) is 4.55. The van der Waals surface area contributed by atoms with E-state index in [9.17, 15) is 28.8 Å². The van der Waals surface area contributed by atoms with Gasteiger partial charge in [0.2, 0.25) is 5.82 Å². The van der Waals surface area contributed by atoms with Crippen LogP contribution in [0.4, 0.5) is 15.8 Å². The number of nitro groups is 1.